The molecular weight excluding hydrogens is 1330 g/mol. The van der Waals surface area contributed by atoms with Crippen LogP contribution in [0.15, 0.2) is 0 Å². The van der Waals surface area contributed by atoms with Crippen molar-refractivity contribution in [3.05, 3.63) is 0 Å². The third-order valence-electron chi connectivity index (χ3n) is 20.3. The SMILES string of the molecule is CCCCCCCCCCCCCCCCCC(=O)OCC1OC(OC2C(O)C(O)C(O)C(OC3OC(CO)C(O)C(O)C3O)C2OP(=O)(O)OCC(COC(=O)CCCCCCCCC(C)CCCCCCCC)OC(=O)CCCCCCCCCCCCCCCCC)C(O)C(O)C1O. The molecule has 19 atom stereocenters. The summed E-state index contributed by atoms with van der Waals surface area (Å²) in [6, 6.07) is 0. The van der Waals surface area contributed by atoms with Crippen molar-refractivity contribution in [2.45, 2.75) is 434 Å². The van der Waals surface area contributed by atoms with Crippen molar-refractivity contribution in [3.63, 3.8) is 0 Å². The fraction of sp³-hybridized carbons (Fsp3) is 0.961. The molecule has 1 saturated carbocycles. The Morgan fingerprint density at radius 2 is 0.693 bits per heavy atom. The number of rotatable bonds is 63. The molecule has 0 radical (unpaired) electrons. The third kappa shape index (κ3) is 40.1. The molecule has 3 rings (SSSR count). The van der Waals surface area contributed by atoms with E-state index in [0.717, 1.165) is 96.3 Å². The van der Waals surface area contributed by atoms with Gasteiger partial charge in [0.25, 0.3) is 0 Å². The highest BCUT2D eigenvalue weighted by Gasteiger charge is 2.58. The summed E-state index contributed by atoms with van der Waals surface area (Å²) < 4.78 is 65.2. The molecule has 25 heteroatoms. The van der Waals surface area contributed by atoms with E-state index in [4.69, 9.17) is 42.2 Å². The lowest BCUT2D eigenvalue weighted by atomic mass is 9.84. The second-order valence-electron chi connectivity index (χ2n) is 29.4. The molecule has 0 aromatic rings. The van der Waals surface area contributed by atoms with Crippen LogP contribution in [0, 0.1) is 5.92 Å². The summed E-state index contributed by atoms with van der Waals surface area (Å²) in [6.07, 6.45) is 14.3. The maximum Gasteiger partial charge on any atom is 0.472 e. The molecule has 19 unspecified atom stereocenters. The summed E-state index contributed by atoms with van der Waals surface area (Å²) >= 11 is 0. The van der Waals surface area contributed by atoms with E-state index in [1.807, 2.05) is 0 Å². The summed E-state index contributed by atoms with van der Waals surface area (Å²) in [5, 5.41) is 110. The number of carbonyl (C=O) groups is 3. The Morgan fingerprint density at radius 3 is 1.07 bits per heavy atom. The summed E-state index contributed by atoms with van der Waals surface area (Å²) in [4.78, 5) is 51.2. The van der Waals surface area contributed by atoms with Crippen molar-refractivity contribution >= 4 is 25.7 Å². The quantitative estimate of drug-likeness (QED) is 0.0117. The summed E-state index contributed by atoms with van der Waals surface area (Å²) in [5.74, 6) is -1.27. The molecular formula is C76H143O24P. The molecule has 3 aliphatic rings. The number of unbranched alkanes of at least 4 members (excludes halogenated alkanes) is 38. The average Bonchev–Trinajstić information content (AvgIpc) is 0.760. The number of phosphoric ester groups is 1. The first-order valence-corrected chi connectivity index (χ1v) is 41.7. The number of ether oxygens (including phenoxy) is 7. The Balaban J connectivity index is 1.72. The Morgan fingerprint density at radius 1 is 0.376 bits per heavy atom. The smallest absolute Gasteiger partial charge is 0.463 e. The van der Waals surface area contributed by atoms with Gasteiger partial charge in [-0.05, 0) is 25.2 Å². The van der Waals surface area contributed by atoms with Gasteiger partial charge in [0, 0.05) is 19.3 Å². The molecule has 3 fully saturated rings. The first-order chi connectivity index (χ1) is 48.7. The van der Waals surface area contributed by atoms with E-state index in [9.17, 15) is 74.9 Å². The Bertz CT molecular complexity index is 2100. The minimum atomic E-state index is -5.70. The zero-order valence-corrected chi connectivity index (χ0v) is 63.5. The van der Waals surface area contributed by atoms with Crippen LogP contribution in [0.4, 0.5) is 0 Å². The second-order valence-corrected chi connectivity index (χ2v) is 30.8. The van der Waals surface area contributed by atoms with Crippen LogP contribution in [0.3, 0.4) is 0 Å². The lowest BCUT2D eigenvalue weighted by Gasteiger charge is -2.49. The minimum Gasteiger partial charge on any atom is -0.463 e. The number of aliphatic hydroxyl groups is 10. The molecule has 0 bridgehead atoms. The number of hydrogen-bond acceptors (Lipinski definition) is 23. The van der Waals surface area contributed by atoms with Crippen molar-refractivity contribution in [3.8, 4) is 0 Å². The zero-order valence-electron chi connectivity index (χ0n) is 62.6. The first kappa shape index (κ1) is 93.2. The normalized spacial score (nSPS) is 27.4. The van der Waals surface area contributed by atoms with E-state index in [-0.39, 0.29) is 19.3 Å². The van der Waals surface area contributed by atoms with Gasteiger partial charge < -0.3 is 89.1 Å². The lowest BCUT2D eigenvalue weighted by Crippen LogP contribution is -2.69. The van der Waals surface area contributed by atoms with Crippen molar-refractivity contribution in [1.29, 1.82) is 0 Å². The lowest BCUT2D eigenvalue weighted by molar-refractivity contribution is -0.360. The zero-order chi connectivity index (χ0) is 74.1. The molecule has 11 N–H and O–H groups in total. The first-order valence-electron chi connectivity index (χ1n) is 40.2. The highest BCUT2D eigenvalue weighted by Crippen LogP contribution is 2.49. The van der Waals surface area contributed by atoms with Crippen molar-refractivity contribution < 1.29 is 117 Å². The third-order valence-corrected chi connectivity index (χ3v) is 21.3. The fourth-order valence-electron chi connectivity index (χ4n) is 13.7. The Kier molecular flexibility index (Phi) is 52.7. The molecule has 0 aromatic carbocycles. The Labute approximate surface area is 606 Å². The fourth-order valence-corrected chi connectivity index (χ4v) is 14.6. The van der Waals surface area contributed by atoms with Crippen molar-refractivity contribution in [1.82, 2.24) is 0 Å². The maximum atomic E-state index is 14.4. The van der Waals surface area contributed by atoms with Crippen LogP contribution in [-0.2, 0) is 61.2 Å². The highest BCUT2D eigenvalue weighted by molar-refractivity contribution is 7.47. The van der Waals surface area contributed by atoms with Crippen LogP contribution >= 0.6 is 7.82 Å². The van der Waals surface area contributed by atoms with Gasteiger partial charge in [-0.25, -0.2) is 4.57 Å². The summed E-state index contributed by atoms with van der Waals surface area (Å²) in [6.45, 7) is 5.82. The standard InChI is InChI=1S/C76H143O24P/c1-5-8-11-14-17-19-21-23-25-27-29-31-33-39-45-50-61(79)93-55-59-64(82)66(84)71(89)76(97-59)99-73-69(87)67(85)68(86)72(98-75-70(88)65(83)63(81)58(52-77)96-75)74(73)100-101(90,91)94-54-57(95-62(80)51-46-41-34-32-30-28-26-24-22-20-18-15-12-9-6-2)53-92-60(78)49-44-40-36-35-38-43-48-56(4)47-42-37-16-13-10-7-3/h56-59,63-77,81-89H,5-55H2,1-4H3,(H,90,91). The van der Waals surface area contributed by atoms with E-state index >= 15 is 0 Å². The molecule has 2 aliphatic heterocycles. The van der Waals surface area contributed by atoms with Crippen LogP contribution in [0.1, 0.15) is 329 Å². The van der Waals surface area contributed by atoms with Gasteiger partial charge in [0.15, 0.2) is 18.7 Å². The molecule has 2 saturated heterocycles. The van der Waals surface area contributed by atoms with Crippen LogP contribution < -0.4 is 0 Å². The number of aliphatic hydroxyl groups excluding tert-OH is 10. The number of phosphoric acid groups is 1. The van der Waals surface area contributed by atoms with E-state index in [0.29, 0.717) is 25.2 Å². The van der Waals surface area contributed by atoms with Crippen LogP contribution in [-0.4, -0.2) is 204 Å². The van der Waals surface area contributed by atoms with Crippen molar-refractivity contribution in [2.24, 2.45) is 5.92 Å². The predicted molar refractivity (Wildman–Crippen MR) is 384 cm³/mol. The number of esters is 3. The van der Waals surface area contributed by atoms with Crippen LogP contribution in [0.2, 0.25) is 0 Å². The van der Waals surface area contributed by atoms with Gasteiger partial charge in [-0.3, -0.25) is 23.4 Å². The van der Waals surface area contributed by atoms with Crippen molar-refractivity contribution in [2.75, 3.05) is 26.4 Å². The van der Waals surface area contributed by atoms with E-state index < -0.39 is 156 Å². The summed E-state index contributed by atoms with van der Waals surface area (Å²) in [7, 11) is -5.70. The van der Waals surface area contributed by atoms with E-state index in [1.165, 1.54) is 167 Å². The topological polar surface area (TPSA) is 374 Å². The van der Waals surface area contributed by atoms with Crippen LogP contribution in [0.25, 0.3) is 0 Å². The molecule has 24 nitrogen and oxygen atoms in total. The van der Waals surface area contributed by atoms with Gasteiger partial charge in [0.2, 0.25) is 0 Å². The monoisotopic (exact) mass is 1470 g/mol. The average molecular weight is 1470 g/mol. The molecule has 0 spiro atoms. The van der Waals surface area contributed by atoms with E-state index in [1.54, 1.807) is 0 Å². The van der Waals surface area contributed by atoms with Crippen LogP contribution in [0.5, 0.6) is 0 Å². The molecule has 596 valence electrons. The maximum absolute atomic E-state index is 14.4. The minimum absolute atomic E-state index is 0.0336. The Hall–Kier alpha value is -2.04. The van der Waals surface area contributed by atoms with Gasteiger partial charge in [-0.2, -0.15) is 0 Å². The van der Waals surface area contributed by atoms with Gasteiger partial charge in [0.1, 0.15) is 98.7 Å². The predicted octanol–water partition coefficient (Wildman–Crippen LogP) is 12.0. The molecule has 0 amide bonds. The molecule has 0 aromatic heterocycles. The number of carbonyl (C=O) groups excluding carboxylic acids is 3. The van der Waals surface area contributed by atoms with Gasteiger partial charge >= 0.3 is 25.7 Å². The molecule has 1 aliphatic carbocycles. The second kappa shape index (κ2) is 57.1. The molecule has 101 heavy (non-hydrogen) atoms. The van der Waals surface area contributed by atoms with Gasteiger partial charge in [-0.1, -0.05) is 291 Å². The largest absolute Gasteiger partial charge is 0.472 e. The molecule has 2 heterocycles. The highest BCUT2D eigenvalue weighted by atomic mass is 31.2. The summed E-state index contributed by atoms with van der Waals surface area (Å²) in [5.41, 5.74) is 0. The van der Waals surface area contributed by atoms with E-state index in [2.05, 4.69) is 27.7 Å². The van der Waals surface area contributed by atoms with Gasteiger partial charge in [-0.15, -0.1) is 0 Å². The van der Waals surface area contributed by atoms with Gasteiger partial charge in [0.05, 0.1) is 13.2 Å². The number of hydrogen-bond donors (Lipinski definition) is 11.